The lowest BCUT2D eigenvalue weighted by Crippen LogP contribution is -2.63. The summed E-state index contributed by atoms with van der Waals surface area (Å²) in [6.45, 7) is 3.38. The van der Waals surface area contributed by atoms with Crippen LogP contribution in [0.2, 0.25) is 0 Å². The number of ether oxygens (including phenoxy) is 4. The highest BCUT2D eigenvalue weighted by Crippen LogP contribution is 2.47. The van der Waals surface area contributed by atoms with Crippen LogP contribution < -0.4 is 0 Å². The minimum absolute atomic E-state index is 0.457. The van der Waals surface area contributed by atoms with Crippen LogP contribution in [0.1, 0.15) is 457 Å². The van der Waals surface area contributed by atoms with E-state index in [-0.39, 0.29) is 0 Å². The van der Waals surface area contributed by atoms with Crippen LogP contribution in [0.3, 0.4) is 0 Å². The molecular formula is C90H172O13. The second kappa shape index (κ2) is 64.7. The Balaban J connectivity index is 0.949. The average molecular weight is 1460 g/mol. The average Bonchev–Trinajstić information content (AvgIpc) is 1.77. The molecule has 2 aliphatic heterocycles. The molecule has 0 aromatic carbocycles. The molecule has 8 N–H and O–H groups in total. The first-order chi connectivity index (χ1) is 50.5. The summed E-state index contributed by atoms with van der Waals surface area (Å²) >= 11 is 0. The van der Waals surface area contributed by atoms with Crippen LogP contribution in [0.4, 0.5) is 0 Å². The van der Waals surface area contributed by atoms with Gasteiger partial charge in [-0.15, -0.1) is 0 Å². The molecule has 16 atom stereocenters. The highest BCUT2D eigenvalue weighted by Gasteiger charge is 2.50. The van der Waals surface area contributed by atoms with E-state index in [2.05, 4.69) is 13.8 Å². The van der Waals surface area contributed by atoms with Crippen LogP contribution >= 0.6 is 0 Å². The van der Waals surface area contributed by atoms with E-state index in [0.29, 0.717) is 12.8 Å². The fourth-order valence-electron chi connectivity index (χ4n) is 17.3. The molecule has 5 unspecified atom stereocenters. The highest BCUT2D eigenvalue weighted by molar-refractivity contribution is 5.73. The minimum atomic E-state index is -1.82. The Bertz CT molecular complexity index is 1860. The molecule has 0 amide bonds. The number of hydrogen-bond donors (Lipinski definition) is 8. The zero-order valence-electron chi connectivity index (χ0n) is 67.6. The van der Waals surface area contributed by atoms with Gasteiger partial charge in [0, 0.05) is 0 Å². The monoisotopic (exact) mass is 1460 g/mol. The fraction of sp³-hybridized carbons (Fsp3) is 0.989. The first-order valence-corrected chi connectivity index (χ1v) is 46.0. The van der Waals surface area contributed by atoms with E-state index in [0.717, 1.165) is 68.6 Å². The van der Waals surface area contributed by atoms with Gasteiger partial charge in [-0.2, -0.15) is 0 Å². The normalized spacial score (nSPS) is 25.4. The third-order valence-corrected chi connectivity index (χ3v) is 24.9. The predicted octanol–water partition coefficient (Wildman–Crippen LogP) is 22.6. The third kappa shape index (κ3) is 47.1. The summed E-state index contributed by atoms with van der Waals surface area (Å²) in [5.74, 6) is 2.86. The van der Waals surface area contributed by atoms with Crippen LogP contribution in [0.5, 0.6) is 0 Å². The number of esters is 1. The first-order valence-electron chi connectivity index (χ1n) is 46.0. The van der Waals surface area contributed by atoms with Gasteiger partial charge in [-0.3, -0.25) is 4.79 Å². The molecule has 2 saturated carbocycles. The molecule has 0 aromatic rings. The lowest BCUT2D eigenvalue weighted by molar-refractivity contribution is -0.376. The van der Waals surface area contributed by atoms with Gasteiger partial charge in [-0.05, 0) is 49.4 Å². The maximum atomic E-state index is 13.9. The van der Waals surface area contributed by atoms with Gasteiger partial charge in [0.15, 0.2) is 12.6 Å². The molecule has 610 valence electrons. The number of carbonyl (C=O) groups is 1. The maximum absolute atomic E-state index is 13.9. The summed E-state index contributed by atoms with van der Waals surface area (Å²) in [5, 5.41) is 84.6. The van der Waals surface area contributed by atoms with Gasteiger partial charge >= 0.3 is 5.97 Å². The lowest BCUT2D eigenvalue weighted by Gasteiger charge is -2.44. The van der Waals surface area contributed by atoms with Crippen molar-refractivity contribution in [2.75, 3.05) is 13.2 Å². The summed E-state index contributed by atoms with van der Waals surface area (Å²) < 4.78 is 22.5. The Morgan fingerprint density at radius 2 is 0.544 bits per heavy atom. The summed E-state index contributed by atoms with van der Waals surface area (Å²) in [6, 6.07) is 0. The largest absolute Gasteiger partial charge is 0.463 e. The predicted molar refractivity (Wildman–Crippen MR) is 426 cm³/mol. The smallest absolute Gasteiger partial charge is 0.311 e. The first kappa shape index (κ1) is 94.4. The molecule has 103 heavy (non-hydrogen) atoms. The van der Waals surface area contributed by atoms with Crippen molar-refractivity contribution in [3.63, 3.8) is 0 Å². The van der Waals surface area contributed by atoms with E-state index in [1.165, 1.54) is 379 Å². The van der Waals surface area contributed by atoms with E-state index < -0.39 is 92.6 Å². The second-order valence-corrected chi connectivity index (χ2v) is 34.3. The van der Waals surface area contributed by atoms with E-state index in [4.69, 9.17) is 18.9 Å². The summed E-state index contributed by atoms with van der Waals surface area (Å²) in [5.41, 5.74) is 0. The molecule has 2 saturated heterocycles. The van der Waals surface area contributed by atoms with E-state index >= 15 is 0 Å². The molecule has 0 aromatic heterocycles. The van der Waals surface area contributed by atoms with Crippen molar-refractivity contribution in [1.82, 2.24) is 0 Å². The van der Waals surface area contributed by atoms with Gasteiger partial charge in [0.05, 0.1) is 18.6 Å². The van der Waals surface area contributed by atoms with Gasteiger partial charge in [0.2, 0.25) is 0 Å². The number of unbranched alkanes of at least 4 members (excludes halogenated alkanes) is 57. The molecule has 0 bridgehead atoms. The Hall–Kier alpha value is -0.970. The summed E-state index contributed by atoms with van der Waals surface area (Å²) in [7, 11) is 0. The van der Waals surface area contributed by atoms with Crippen molar-refractivity contribution in [2.45, 2.75) is 524 Å². The Kier molecular flexibility index (Phi) is 59.3. The molecular weight excluding hydrogens is 1290 g/mol. The molecule has 0 spiro atoms. The molecule has 4 aliphatic rings. The van der Waals surface area contributed by atoms with Gasteiger partial charge in [-0.25, -0.2) is 0 Å². The van der Waals surface area contributed by atoms with Crippen molar-refractivity contribution in [3.05, 3.63) is 0 Å². The van der Waals surface area contributed by atoms with Crippen LogP contribution in [-0.4, -0.2) is 128 Å². The molecule has 2 aliphatic carbocycles. The van der Waals surface area contributed by atoms with Crippen LogP contribution in [-0.2, 0) is 23.7 Å². The number of aliphatic hydroxyl groups is 8. The summed E-state index contributed by atoms with van der Waals surface area (Å²) in [6.07, 6.45) is 75.3. The number of aliphatic hydroxyl groups excluding tert-OH is 8. The minimum Gasteiger partial charge on any atom is -0.463 e. The van der Waals surface area contributed by atoms with Crippen molar-refractivity contribution in [2.24, 2.45) is 29.6 Å². The number of carbonyl (C=O) groups excluding carboxylic acids is 1. The molecule has 4 fully saturated rings. The third-order valence-electron chi connectivity index (χ3n) is 24.9. The summed E-state index contributed by atoms with van der Waals surface area (Å²) in [4.78, 5) is 13.9. The van der Waals surface area contributed by atoms with Crippen LogP contribution in [0, 0.1) is 29.6 Å². The van der Waals surface area contributed by atoms with E-state index in [1.54, 1.807) is 6.42 Å². The van der Waals surface area contributed by atoms with Crippen molar-refractivity contribution >= 4 is 5.97 Å². The van der Waals surface area contributed by atoms with Gasteiger partial charge < -0.3 is 59.8 Å². The van der Waals surface area contributed by atoms with Crippen LogP contribution in [0.25, 0.3) is 0 Å². The Morgan fingerprint density at radius 3 is 0.816 bits per heavy atom. The zero-order valence-corrected chi connectivity index (χ0v) is 67.6. The van der Waals surface area contributed by atoms with Gasteiger partial charge in [0.25, 0.3) is 0 Å². The lowest BCUT2D eigenvalue weighted by atomic mass is 9.91. The fourth-order valence-corrected chi connectivity index (χ4v) is 17.3. The molecule has 13 nitrogen and oxygen atoms in total. The van der Waals surface area contributed by atoms with Gasteiger partial charge in [0.1, 0.15) is 55.4 Å². The van der Waals surface area contributed by atoms with E-state index in [1.807, 2.05) is 0 Å². The SMILES string of the molecule is CCCCCCCCCCCCCCCCCCCCCCCCCCC(C(=O)OC[C@H]1O[C@H](O[C@H]2O[C@H](CO)[C@@H](O)[C@H](O)[C@H]2O)[C@H](O)[C@@H](O)[C@@H]1O)[C@H](O)CCCCCCCCCCCCCCCC1CC1CCCCCCCCCCC1CC1CCCCCCCCCCCCCCCCCC. The second-order valence-electron chi connectivity index (χ2n) is 34.3. The highest BCUT2D eigenvalue weighted by atomic mass is 16.8. The van der Waals surface area contributed by atoms with Crippen molar-refractivity contribution in [1.29, 1.82) is 0 Å². The molecule has 4 rings (SSSR count). The number of hydrogen-bond acceptors (Lipinski definition) is 13. The Labute approximate surface area is 634 Å². The Morgan fingerprint density at radius 1 is 0.311 bits per heavy atom. The quantitative estimate of drug-likeness (QED) is 0.0210. The van der Waals surface area contributed by atoms with Crippen LogP contribution in [0.15, 0.2) is 0 Å². The zero-order chi connectivity index (χ0) is 73.8. The number of rotatable bonds is 76. The molecule has 2 heterocycles. The van der Waals surface area contributed by atoms with Gasteiger partial charge in [-0.1, -0.05) is 431 Å². The van der Waals surface area contributed by atoms with Crippen molar-refractivity contribution < 1.29 is 64.6 Å². The van der Waals surface area contributed by atoms with E-state index in [9.17, 15) is 45.6 Å². The maximum Gasteiger partial charge on any atom is 0.311 e. The molecule has 13 heteroatoms. The standard InChI is InChI=1S/C90H172O13/c1-3-5-7-9-11-13-15-17-19-21-22-23-24-25-26-27-28-30-34-38-42-50-56-62-68-78(88(99)100-73-81-83(94)85(96)87(98)90(102-81)103-89-86(97)84(95)82(93)80(72-91)101-89)79(92)69-63-57-51-43-39-35-31-33-37-41-47-53-59-65-75-71-77(75)67-61-55-49-45-44-48-54-60-66-76-70-74(76)64-58-52-46-40-36-32-29-20-18-16-14-12-10-8-6-4-2/h74-87,89-98H,3-73H2,1-2H3/t74?,75?,76?,77?,78?,79-,80-,81-,82-,83-,84+,85+,86-,87-,89-,90-/m1/s1. The van der Waals surface area contributed by atoms with Crippen molar-refractivity contribution in [3.8, 4) is 0 Å². The topological polar surface area (TPSA) is 216 Å². The molecule has 0 radical (unpaired) electrons.